The van der Waals surface area contributed by atoms with Crippen molar-refractivity contribution in [1.82, 2.24) is 5.32 Å². The third-order valence-corrected chi connectivity index (χ3v) is 4.39. The predicted octanol–water partition coefficient (Wildman–Crippen LogP) is 3.49. The van der Waals surface area contributed by atoms with Crippen LogP contribution in [0.25, 0.3) is 0 Å². The van der Waals surface area contributed by atoms with Gasteiger partial charge in [0.2, 0.25) is 0 Å². The van der Waals surface area contributed by atoms with Crippen LogP contribution in [0.1, 0.15) is 38.7 Å². The Bertz CT molecular complexity index is 484. The summed E-state index contributed by atoms with van der Waals surface area (Å²) in [6.07, 6.45) is 3.41. The van der Waals surface area contributed by atoms with Gasteiger partial charge < -0.3 is 4.90 Å². The van der Waals surface area contributed by atoms with Gasteiger partial charge in [-0.1, -0.05) is 24.6 Å². The molecule has 1 aliphatic carbocycles. The van der Waals surface area contributed by atoms with Gasteiger partial charge in [0.15, 0.2) is 0 Å². The Morgan fingerprint density at radius 3 is 2.43 bits per heavy atom. The Kier molecular flexibility index (Phi) is 5.25. The summed E-state index contributed by atoms with van der Waals surface area (Å²) >= 11 is 0. The van der Waals surface area contributed by atoms with Crippen LogP contribution < -0.4 is 10.2 Å². The minimum atomic E-state index is -0.392. The summed E-state index contributed by atoms with van der Waals surface area (Å²) < 4.78 is 0. The Hall–Kier alpha value is -1.53. The lowest BCUT2D eigenvalue weighted by Gasteiger charge is -2.35. The molecule has 1 unspecified atom stereocenters. The van der Waals surface area contributed by atoms with E-state index in [1.165, 1.54) is 24.1 Å². The van der Waals surface area contributed by atoms with E-state index in [9.17, 15) is 5.26 Å². The summed E-state index contributed by atoms with van der Waals surface area (Å²) in [5.41, 5.74) is 2.09. The zero-order chi connectivity index (χ0) is 15.3. The molecule has 0 spiro atoms. The number of likely N-dealkylation sites (N-methyl/N-ethyl adjacent to an activating group) is 1. The summed E-state index contributed by atoms with van der Waals surface area (Å²) in [4.78, 5) is 2.32. The van der Waals surface area contributed by atoms with E-state index in [0.29, 0.717) is 5.92 Å². The maximum absolute atomic E-state index is 9.81. The molecule has 21 heavy (non-hydrogen) atoms. The lowest BCUT2D eigenvalue weighted by atomic mass is 9.93. The van der Waals surface area contributed by atoms with Crippen LogP contribution in [-0.2, 0) is 0 Å². The first-order valence-corrected chi connectivity index (χ1v) is 8.13. The fourth-order valence-corrected chi connectivity index (χ4v) is 2.86. The van der Waals surface area contributed by atoms with Gasteiger partial charge in [-0.15, -0.1) is 0 Å². The van der Waals surface area contributed by atoms with Crippen molar-refractivity contribution in [3.63, 3.8) is 0 Å². The molecule has 0 radical (unpaired) electrons. The second-order valence-corrected chi connectivity index (χ2v) is 6.13. The third-order valence-electron chi connectivity index (χ3n) is 4.39. The molecule has 1 aromatic rings. The van der Waals surface area contributed by atoms with Gasteiger partial charge >= 0.3 is 0 Å². The maximum Gasteiger partial charge on any atom is 0.127 e. The SMILES string of the molecule is CCCNC(C#N)(CN(CC)c1ccc(C)cc1)C1CC1. The average Bonchev–Trinajstić information content (AvgIpc) is 3.34. The van der Waals surface area contributed by atoms with Crippen molar-refractivity contribution < 1.29 is 0 Å². The lowest BCUT2D eigenvalue weighted by molar-refractivity contribution is 0.365. The quantitative estimate of drug-likeness (QED) is 0.794. The summed E-state index contributed by atoms with van der Waals surface area (Å²) in [5.74, 6) is 0.508. The van der Waals surface area contributed by atoms with Crippen LogP contribution >= 0.6 is 0 Å². The summed E-state index contributed by atoms with van der Waals surface area (Å²) in [6.45, 7) is 9.03. The molecule has 1 aromatic carbocycles. The van der Waals surface area contributed by atoms with Crippen molar-refractivity contribution in [3.8, 4) is 6.07 Å². The van der Waals surface area contributed by atoms with E-state index in [-0.39, 0.29) is 0 Å². The van der Waals surface area contributed by atoms with Gasteiger partial charge in [-0.05, 0) is 57.7 Å². The Balaban J connectivity index is 2.17. The smallest absolute Gasteiger partial charge is 0.127 e. The van der Waals surface area contributed by atoms with Gasteiger partial charge in [0.25, 0.3) is 0 Å². The Labute approximate surface area is 129 Å². The first-order valence-electron chi connectivity index (χ1n) is 8.13. The lowest BCUT2D eigenvalue weighted by Crippen LogP contribution is -2.54. The van der Waals surface area contributed by atoms with E-state index in [2.05, 4.69) is 61.3 Å². The van der Waals surface area contributed by atoms with E-state index in [0.717, 1.165) is 26.1 Å². The second-order valence-electron chi connectivity index (χ2n) is 6.13. The molecular formula is C18H27N3. The summed E-state index contributed by atoms with van der Waals surface area (Å²) in [6, 6.07) is 11.2. The molecule has 1 saturated carbocycles. The van der Waals surface area contributed by atoms with Gasteiger partial charge in [-0.2, -0.15) is 5.26 Å². The van der Waals surface area contributed by atoms with Crippen molar-refractivity contribution in [2.75, 3.05) is 24.5 Å². The van der Waals surface area contributed by atoms with Gasteiger partial charge in [-0.25, -0.2) is 0 Å². The van der Waals surface area contributed by atoms with Crippen molar-refractivity contribution >= 4 is 5.69 Å². The molecule has 0 bridgehead atoms. The minimum Gasteiger partial charge on any atom is -0.369 e. The molecule has 0 saturated heterocycles. The van der Waals surface area contributed by atoms with Crippen molar-refractivity contribution in [3.05, 3.63) is 29.8 Å². The summed E-state index contributed by atoms with van der Waals surface area (Å²) in [5, 5.41) is 13.3. The molecule has 1 atom stereocenters. The molecule has 0 heterocycles. The van der Waals surface area contributed by atoms with Crippen LogP contribution in [0.2, 0.25) is 0 Å². The Morgan fingerprint density at radius 2 is 1.95 bits per heavy atom. The van der Waals surface area contributed by atoms with Crippen LogP contribution in [0.3, 0.4) is 0 Å². The average molecular weight is 285 g/mol. The second kappa shape index (κ2) is 6.95. The fraction of sp³-hybridized carbons (Fsp3) is 0.611. The van der Waals surface area contributed by atoms with E-state index in [1.54, 1.807) is 0 Å². The number of hydrogen-bond acceptors (Lipinski definition) is 3. The first-order chi connectivity index (χ1) is 10.1. The van der Waals surface area contributed by atoms with Crippen LogP contribution in [0.5, 0.6) is 0 Å². The normalized spacial score (nSPS) is 17.0. The molecule has 1 aliphatic rings. The molecule has 3 heteroatoms. The van der Waals surface area contributed by atoms with E-state index >= 15 is 0 Å². The molecule has 114 valence electrons. The Morgan fingerprint density at radius 1 is 1.29 bits per heavy atom. The molecule has 1 N–H and O–H groups in total. The largest absolute Gasteiger partial charge is 0.369 e. The number of aryl methyl sites for hydroxylation is 1. The topological polar surface area (TPSA) is 39.1 Å². The zero-order valence-electron chi connectivity index (χ0n) is 13.5. The van der Waals surface area contributed by atoms with Gasteiger partial charge in [0.05, 0.1) is 6.07 Å². The van der Waals surface area contributed by atoms with Gasteiger partial charge in [0, 0.05) is 18.8 Å². The van der Waals surface area contributed by atoms with Gasteiger partial charge in [0.1, 0.15) is 5.54 Å². The molecule has 1 fully saturated rings. The van der Waals surface area contributed by atoms with Crippen LogP contribution in [-0.4, -0.2) is 25.2 Å². The number of nitrogens with one attached hydrogen (secondary N) is 1. The predicted molar refractivity (Wildman–Crippen MR) is 88.4 cm³/mol. The van der Waals surface area contributed by atoms with Crippen LogP contribution in [0.15, 0.2) is 24.3 Å². The number of rotatable bonds is 8. The highest BCUT2D eigenvalue weighted by atomic mass is 15.2. The third kappa shape index (κ3) is 3.77. The number of hydrogen-bond donors (Lipinski definition) is 1. The highest BCUT2D eigenvalue weighted by Gasteiger charge is 2.46. The molecule has 0 aromatic heterocycles. The zero-order valence-corrected chi connectivity index (χ0v) is 13.5. The van der Waals surface area contributed by atoms with E-state index in [4.69, 9.17) is 0 Å². The molecule has 0 amide bonds. The van der Waals surface area contributed by atoms with Gasteiger partial charge in [-0.3, -0.25) is 5.32 Å². The number of nitriles is 1. The number of anilines is 1. The minimum absolute atomic E-state index is 0.392. The highest BCUT2D eigenvalue weighted by Crippen LogP contribution is 2.40. The first kappa shape index (κ1) is 15.9. The molecule has 3 nitrogen and oxygen atoms in total. The van der Waals surface area contributed by atoms with Crippen molar-refractivity contribution in [2.24, 2.45) is 5.92 Å². The monoisotopic (exact) mass is 285 g/mol. The van der Waals surface area contributed by atoms with E-state index in [1.807, 2.05) is 0 Å². The maximum atomic E-state index is 9.81. The number of nitrogens with zero attached hydrogens (tertiary/aromatic N) is 2. The van der Waals surface area contributed by atoms with Crippen molar-refractivity contribution in [1.29, 1.82) is 5.26 Å². The molecule has 0 aliphatic heterocycles. The van der Waals surface area contributed by atoms with E-state index < -0.39 is 5.54 Å². The highest BCUT2D eigenvalue weighted by molar-refractivity contribution is 5.48. The van der Waals surface area contributed by atoms with Crippen LogP contribution in [0.4, 0.5) is 5.69 Å². The fourth-order valence-electron chi connectivity index (χ4n) is 2.86. The molecule has 2 rings (SSSR count). The van der Waals surface area contributed by atoms with Crippen LogP contribution in [0, 0.1) is 24.2 Å². The molecular weight excluding hydrogens is 258 g/mol. The standard InChI is InChI=1S/C18H27N3/c1-4-12-20-18(13-19,16-8-9-16)14-21(5-2)17-10-6-15(3)7-11-17/h6-7,10-11,16,20H,4-5,8-9,12,14H2,1-3H3. The summed E-state index contributed by atoms with van der Waals surface area (Å²) in [7, 11) is 0. The van der Waals surface area contributed by atoms with Crippen molar-refractivity contribution in [2.45, 2.75) is 45.6 Å². The number of benzene rings is 1.